The largest absolute Gasteiger partial charge is 0.494 e. The molecule has 41 heavy (non-hydrogen) atoms. The van der Waals surface area contributed by atoms with Crippen molar-refractivity contribution in [2.75, 3.05) is 24.6 Å². The van der Waals surface area contributed by atoms with Crippen molar-refractivity contribution in [1.29, 1.82) is 0 Å². The van der Waals surface area contributed by atoms with Gasteiger partial charge in [0, 0.05) is 40.5 Å². The molecule has 0 aromatic heterocycles. The lowest BCUT2D eigenvalue weighted by Crippen LogP contribution is -2.47. The number of carbonyl (C=O) groups excluding carboxylic acids is 2. The maximum Gasteiger partial charge on any atom is 0.251 e. The lowest BCUT2D eigenvalue weighted by atomic mass is 9.99. The minimum Gasteiger partial charge on any atom is -0.494 e. The molecule has 0 bridgehead atoms. The zero-order valence-electron chi connectivity index (χ0n) is 23.2. The maximum absolute atomic E-state index is 12.7. The average molecular weight is 575 g/mol. The SMILES string of the molecule is CCNC(=O)CC1N=C(c2ccc(Cl)cc2)c2cc(OCCCNC(=O)c3ccccc3)ccc2N2C(C)NNC12. The molecule has 0 radical (unpaired) electrons. The van der Waals surface area contributed by atoms with Crippen molar-refractivity contribution in [1.82, 2.24) is 21.5 Å². The Morgan fingerprint density at radius 2 is 1.80 bits per heavy atom. The summed E-state index contributed by atoms with van der Waals surface area (Å²) < 4.78 is 6.12. The molecule has 0 saturated carbocycles. The Morgan fingerprint density at radius 1 is 1.02 bits per heavy atom. The second-order valence-electron chi connectivity index (χ2n) is 10.0. The summed E-state index contributed by atoms with van der Waals surface area (Å²) in [6.45, 7) is 5.48. The van der Waals surface area contributed by atoms with Crippen LogP contribution in [-0.2, 0) is 4.79 Å². The third-order valence-electron chi connectivity index (χ3n) is 7.12. The van der Waals surface area contributed by atoms with Gasteiger partial charge < -0.3 is 20.3 Å². The standard InChI is InChI=1S/C31H35ClN6O3/c1-3-33-28(39)19-26-30-37-36-20(2)38(30)27-15-14-24(18-25(27)29(35-26)21-10-12-23(32)13-11-21)41-17-7-16-34-31(40)22-8-5-4-6-9-22/h4-6,8-15,18,20,26,30,36-37H,3,7,16-17,19H2,1-2H3,(H,33,39)(H,34,40). The number of amides is 2. The Bertz CT molecular complexity index is 1400. The van der Waals surface area contributed by atoms with Crippen LogP contribution in [0.5, 0.6) is 5.75 Å². The van der Waals surface area contributed by atoms with Gasteiger partial charge >= 0.3 is 0 Å². The van der Waals surface area contributed by atoms with Gasteiger partial charge in [-0.05, 0) is 62.7 Å². The highest BCUT2D eigenvalue weighted by atomic mass is 35.5. The van der Waals surface area contributed by atoms with Crippen LogP contribution < -0.4 is 31.1 Å². The van der Waals surface area contributed by atoms with Crippen molar-refractivity contribution < 1.29 is 14.3 Å². The van der Waals surface area contributed by atoms with E-state index in [1.165, 1.54) is 0 Å². The first-order chi connectivity index (χ1) is 19.9. The molecule has 3 aromatic carbocycles. The summed E-state index contributed by atoms with van der Waals surface area (Å²) in [6, 6.07) is 22.4. The van der Waals surface area contributed by atoms with Gasteiger partial charge in [-0.3, -0.25) is 14.6 Å². The number of carbonyl (C=O) groups is 2. The second-order valence-corrected chi connectivity index (χ2v) is 10.5. The van der Waals surface area contributed by atoms with Crippen LogP contribution in [0.25, 0.3) is 0 Å². The number of hydrogen-bond donors (Lipinski definition) is 4. The highest BCUT2D eigenvalue weighted by Crippen LogP contribution is 2.36. The number of hydrazine groups is 1. The van der Waals surface area contributed by atoms with E-state index in [0.29, 0.717) is 42.5 Å². The van der Waals surface area contributed by atoms with Gasteiger partial charge in [-0.2, -0.15) is 0 Å². The molecule has 214 valence electrons. The van der Waals surface area contributed by atoms with Crippen molar-refractivity contribution in [2.24, 2.45) is 4.99 Å². The number of fused-ring (bicyclic) bond motifs is 3. The van der Waals surface area contributed by atoms with Gasteiger partial charge in [-0.15, -0.1) is 0 Å². The van der Waals surface area contributed by atoms with Crippen LogP contribution in [0.3, 0.4) is 0 Å². The van der Waals surface area contributed by atoms with Gasteiger partial charge in [0.1, 0.15) is 11.9 Å². The quantitative estimate of drug-likeness (QED) is 0.274. The van der Waals surface area contributed by atoms with Crippen LogP contribution in [0.2, 0.25) is 5.02 Å². The fourth-order valence-electron chi connectivity index (χ4n) is 5.16. The van der Waals surface area contributed by atoms with Crippen LogP contribution in [0, 0.1) is 0 Å². The van der Waals surface area contributed by atoms with Gasteiger partial charge in [0.15, 0.2) is 0 Å². The number of nitrogens with zero attached hydrogens (tertiary/aromatic N) is 2. The first-order valence-corrected chi connectivity index (χ1v) is 14.3. The third kappa shape index (κ3) is 6.70. The highest BCUT2D eigenvalue weighted by molar-refractivity contribution is 6.30. The number of aliphatic imine (C=N–C) groups is 1. The second kappa shape index (κ2) is 13.2. The lowest BCUT2D eigenvalue weighted by Gasteiger charge is -2.31. The Morgan fingerprint density at radius 3 is 2.56 bits per heavy atom. The van der Waals surface area contributed by atoms with E-state index in [1.807, 2.05) is 67.6 Å². The van der Waals surface area contributed by atoms with E-state index in [-0.39, 0.29) is 36.6 Å². The van der Waals surface area contributed by atoms with Gasteiger partial charge in [0.05, 0.1) is 30.9 Å². The first kappa shape index (κ1) is 28.6. The van der Waals surface area contributed by atoms with Crippen LogP contribution in [-0.4, -0.2) is 55.6 Å². The normalized spacial score (nSPS) is 19.4. The number of rotatable bonds is 10. The molecule has 9 nitrogen and oxygen atoms in total. The molecule has 4 N–H and O–H groups in total. The summed E-state index contributed by atoms with van der Waals surface area (Å²) in [6.07, 6.45) is 0.632. The van der Waals surface area contributed by atoms with Crippen molar-refractivity contribution in [3.8, 4) is 5.75 Å². The van der Waals surface area contributed by atoms with Crippen LogP contribution in [0.4, 0.5) is 5.69 Å². The molecule has 2 aliphatic rings. The Kier molecular flexibility index (Phi) is 9.18. The summed E-state index contributed by atoms with van der Waals surface area (Å²) in [5.74, 6) is 0.553. The van der Waals surface area contributed by atoms with E-state index >= 15 is 0 Å². The van der Waals surface area contributed by atoms with Crippen LogP contribution in [0.1, 0.15) is 48.2 Å². The van der Waals surface area contributed by atoms with Crippen molar-refractivity contribution >= 4 is 34.8 Å². The van der Waals surface area contributed by atoms with Crippen molar-refractivity contribution in [3.63, 3.8) is 0 Å². The fourth-order valence-corrected chi connectivity index (χ4v) is 5.29. The predicted molar refractivity (Wildman–Crippen MR) is 162 cm³/mol. The molecule has 0 aliphatic carbocycles. The molecule has 10 heteroatoms. The maximum atomic E-state index is 12.7. The topological polar surface area (TPSA) is 107 Å². The molecule has 3 unspecified atom stereocenters. The van der Waals surface area contributed by atoms with E-state index in [4.69, 9.17) is 21.3 Å². The minimum absolute atomic E-state index is 0.0322. The Hall–Kier alpha value is -3.92. The lowest BCUT2D eigenvalue weighted by molar-refractivity contribution is -0.121. The summed E-state index contributed by atoms with van der Waals surface area (Å²) in [4.78, 5) is 32.4. The van der Waals surface area contributed by atoms with Crippen LogP contribution >= 0.6 is 11.6 Å². The van der Waals surface area contributed by atoms with Gasteiger partial charge in [0.25, 0.3) is 5.91 Å². The number of hydrogen-bond acceptors (Lipinski definition) is 7. The molecule has 5 rings (SSSR count). The van der Waals surface area contributed by atoms with Crippen molar-refractivity contribution in [3.05, 3.63) is 94.5 Å². The molecule has 3 atom stereocenters. The summed E-state index contributed by atoms with van der Waals surface area (Å²) in [7, 11) is 0. The van der Waals surface area contributed by atoms with E-state index in [2.05, 4.69) is 33.3 Å². The number of halogens is 1. The van der Waals surface area contributed by atoms with E-state index in [0.717, 1.165) is 22.5 Å². The van der Waals surface area contributed by atoms with E-state index < -0.39 is 0 Å². The summed E-state index contributed by atoms with van der Waals surface area (Å²) in [5.41, 5.74) is 10.9. The van der Waals surface area contributed by atoms with E-state index in [9.17, 15) is 9.59 Å². The first-order valence-electron chi connectivity index (χ1n) is 13.9. The van der Waals surface area contributed by atoms with Gasteiger partial charge in [-0.25, -0.2) is 10.9 Å². The number of benzene rings is 3. The monoisotopic (exact) mass is 574 g/mol. The zero-order chi connectivity index (χ0) is 28.8. The zero-order valence-corrected chi connectivity index (χ0v) is 23.9. The van der Waals surface area contributed by atoms with Crippen LogP contribution in [0.15, 0.2) is 77.8 Å². The molecule has 1 saturated heterocycles. The Labute approximate surface area is 245 Å². The van der Waals surface area contributed by atoms with E-state index in [1.54, 1.807) is 12.1 Å². The predicted octanol–water partition coefficient (Wildman–Crippen LogP) is 3.87. The number of anilines is 1. The third-order valence-corrected chi connectivity index (χ3v) is 7.37. The molecule has 1 fully saturated rings. The van der Waals surface area contributed by atoms with Gasteiger partial charge in [0.2, 0.25) is 5.91 Å². The molecule has 0 spiro atoms. The molecule has 3 aromatic rings. The molecule has 2 heterocycles. The highest BCUT2D eigenvalue weighted by Gasteiger charge is 2.40. The Balaban J connectivity index is 1.38. The minimum atomic E-state index is -0.352. The number of nitrogens with one attached hydrogen (secondary N) is 4. The molecule has 2 aliphatic heterocycles. The molecular weight excluding hydrogens is 540 g/mol. The smallest absolute Gasteiger partial charge is 0.251 e. The molecule has 2 amide bonds. The number of ether oxygens (including phenoxy) is 1. The van der Waals surface area contributed by atoms with Gasteiger partial charge in [-0.1, -0.05) is 41.9 Å². The summed E-state index contributed by atoms with van der Waals surface area (Å²) in [5, 5.41) is 6.48. The molecular formula is C31H35ClN6O3. The average Bonchev–Trinajstić information content (AvgIpc) is 3.30. The summed E-state index contributed by atoms with van der Waals surface area (Å²) >= 11 is 6.21. The fraction of sp³-hybridized carbons (Fsp3) is 0.323. The van der Waals surface area contributed by atoms with Crippen molar-refractivity contribution in [2.45, 2.75) is 45.1 Å².